The first kappa shape index (κ1) is 12.4. The van der Waals surface area contributed by atoms with E-state index < -0.39 is 12.1 Å². The van der Waals surface area contributed by atoms with E-state index in [2.05, 4.69) is 0 Å². The highest BCUT2D eigenvalue weighted by Crippen LogP contribution is 2.03. The first-order valence-electron chi connectivity index (χ1n) is 4.89. The van der Waals surface area contributed by atoms with Crippen LogP contribution in [0.1, 0.15) is 12.5 Å². The number of hydrogen-bond donors (Lipinski definition) is 0. The van der Waals surface area contributed by atoms with Crippen LogP contribution in [0.4, 0.5) is 0 Å². The lowest BCUT2D eigenvalue weighted by atomic mass is 10.2. The number of ether oxygens (including phenoxy) is 2. The highest BCUT2D eigenvalue weighted by atomic mass is 16.6. The molecule has 0 fully saturated rings. The molecule has 0 saturated heterocycles. The summed E-state index contributed by atoms with van der Waals surface area (Å²) in [6.07, 6.45) is -1.12. The number of rotatable bonds is 5. The molecule has 0 spiro atoms. The largest absolute Gasteiger partial charge is 0.459 e. The Balaban J connectivity index is 2.49. The Kier molecular flexibility index (Phi) is 4.66. The molecule has 0 N–H and O–H groups in total. The summed E-state index contributed by atoms with van der Waals surface area (Å²) < 4.78 is 9.70. The van der Waals surface area contributed by atoms with E-state index in [0.717, 1.165) is 5.56 Å². The summed E-state index contributed by atoms with van der Waals surface area (Å²) in [4.78, 5) is 22.4. The summed E-state index contributed by atoms with van der Waals surface area (Å²) in [5.41, 5.74) is 0.870. The predicted octanol–water partition coefficient (Wildman–Crippen LogP) is 1.33. The van der Waals surface area contributed by atoms with Crippen LogP contribution in [0.2, 0.25) is 0 Å². The fourth-order valence-electron chi connectivity index (χ4n) is 1.23. The van der Waals surface area contributed by atoms with E-state index in [1.54, 1.807) is 0 Å². The van der Waals surface area contributed by atoms with Crippen molar-refractivity contribution in [2.75, 3.05) is 7.11 Å². The van der Waals surface area contributed by atoms with Crippen molar-refractivity contribution < 1.29 is 19.1 Å². The Morgan fingerprint density at radius 1 is 1.25 bits per heavy atom. The molecule has 4 nitrogen and oxygen atoms in total. The van der Waals surface area contributed by atoms with E-state index >= 15 is 0 Å². The van der Waals surface area contributed by atoms with Gasteiger partial charge in [-0.2, -0.15) is 0 Å². The van der Waals surface area contributed by atoms with E-state index in [0.29, 0.717) is 0 Å². The molecule has 1 rings (SSSR count). The summed E-state index contributed by atoms with van der Waals surface area (Å²) >= 11 is 0. The summed E-state index contributed by atoms with van der Waals surface area (Å²) in [6.45, 7) is 1.44. The van der Waals surface area contributed by atoms with Crippen LogP contribution in [0.3, 0.4) is 0 Å². The zero-order valence-electron chi connectivity index (χ0n) is 9.30. The topological polar surface area (TPSA) is 52.6 Å². The third kappa shape index (κ3) is 3.47. The van der Waals surface area contributed by atoms with Gasteiger partial charge < -0.3 is 9.47 Å². The van der Waals surface area contributed by atoms with Crippen molar-refractivity contribution in [1.82, 2.24) is 0 Å². The van der Waals surface area contributed by atoms with Crippen LogP contribution >= 0.6 is 0 Å². The van der Waals surface area contributed by atoms with Crippen molar-refractivity contribution in [2.45, 2.75) is 19.6 Å². The quantitative estimate of drug-likeness (QED) is 0.557. The number of methoxy groups -OCH3 is 1. The molecule has 0 heterocycles. The van der Waals surface area contributed by atoms with Crippen molar-refractivity contribution in [3.05, 3.63) is 35.9 Å². The average Bonchev–Trinajstić information content (AvgIpc) is 2.28. The third-order valence-electron chi connectivity index (χ3n) is 2.04. The number of ketones is 1. The van der Waals surface area contributed by atoms with Gasteiger partial charge in [0.25, 0.3) is 0 Å². The first-order valence-corrected chi connectivity index (χ1v) is 4.89. The number of hydrogen-bond acceptors (Lipinski definition) is 4. The van der Waals surface area contributed by atoms with Crippen molar-refractivity contribution >= 4 is 11.8 Å². The van der Waals surface area contributed by atoms with Gasteiger partial charge in [-0.15, -0.1) is 0 Å². The van der Waals surface area contributed by atoms with Crippen molar-refractivity contribution in [2.24, 2.45) is 0 Å². The van der Waals surface area contributed by atoms with Gasteiger partial charge in [0.1, 0.15) is 6.61 Å². The van der Waals surface area contributed by atoms with Crippen molar-refractivity contribution in [3.8, 4) is 0 Å². The Morgan fingerprint density at radius 2 is 1.88 bits per heavy atom. The lowest BCUT2D eigenvalue weighted by molar-refractivity contribution is -0.160. The highest BCUT2D eigenvalue weighted by Gasteiger charge is 2.24. The summed E-state index contributed by atoms with van der Waals surface area (Å²) in [5, 5.41) is 0. The maximum absolute atomic E-state index is 11.4. The van der Waals surface area contributed by atoms with Gasteiger partial charge in [0.05, 0.1) is 0 Å². The van der Waals surface area contributed by atoms with Crippen LogP contribution < -0.4 is 0 Å². The maximum Gasteiger partial charge on any atom is 0.343 e. The van der Waals surface area contributed by atoms with Gasteiger partial charge in [-0.05, 0) is 12.5 Å². The molecule has 0 radical (unpaired) electrons. The first-order chi connectivity index (χ1) is 7.65. The minimum absolute atomic E-state index is 0.146. The zero-order chi connectivity index (χ0) is 12.0. The summed E-state index contributed by atoms with van der Waals surface area (Å²) in [7, 11) is 1.30. The van der Waals surface area contributed by atoms with Gasteiger partial charge in [0, 0.05) is 7.11 Å². The smallest absolute Gasteiger partial charge is 0.343 e. The molecule has 1 unspecified atom stereocenters. The van der Waals surface area contributed by atoms with Gasteiger partial charge >= 0.3 is 5.97 Å². The fourth-order valence-corrected chi connectivity index (χ4v) is 1.23. The van der Waals surface area contributed by atoms with Gasteiger partial charge in [-0.25, -0.2) is 4.79 Å². The van der Waals surface area contributed by atoms with E-state index in [1.807, 2.05) is 30.3 Å². The Hall–Kier alpha value is -1.68. The standard InChI is InChI=1S/C12H14O4/c1-9(13)11(15-2)12(14)16-8-10-6-4-3-5-7-10/h3-7,11H,8H2,1-2H3. The molecular weight excluding hydrogens is 208 g/mol. The van der Waals surface area contributed by atoms with Crippen molar-refractivity contribution in [3.63, 3.8) is 0 Å². The molecule has 1 atom stereocenters. The molecule has 0 aliphatic rings. The minimum Gasteiger partial charge on any atom is -0.459 e. The Morgan fingerprint density at radius 3 is 2.38 bits per heavy atom. The second-order valence-corrected chi connectivity index (χ2v) is 3.32. The van der Waals surface area contributed by atoms with Crippen molar-refractivity contribution in [1.29, 1.82) is 0 Å². The van der Waals surface area contributed by atoms with Crippen LogP contribution in [0.25, 0.3) is 0 Å². The number of carbonyl (C=O) groups excluding carboxylic acids is 2. The molecule has 0 amide bonds. The molecule has 1 aromatic carbocycles. The van der Waals surface area contributed by atoms with E-state index in [4.69, 9.17) is 9.47 Å². The molecular formula is C12H14O4. The zero-order valence-corrected chi connectivity index (χ0v) is 9.30. The third-order valence-corrected chi connectivity index (χ3v) is 2.04. The maximum atomic E-state index is 11.4. The fraction of sp³-hybridized carbons (Fsp3) is 0.333. The molecule has 4 heteroatoms. The lowest BCUT2D eigenvalue weighted by Gasteiger charge is -2.11. The molecule has 0 aliphatic heterocycles. The molecule has 0 bridgehead atoms. The van der Waals surface area contributed by atoms with Gasteiger partial charge in [-0.1, -0.05) is 30.3 Å². The average molecular weight is 222 g/mol. The minimum atomic E-state index is -1.12. The van der Waals surface area contributed by atoms with Crippen LogP contribution in [-0.4, -0.2) is 25.0 Å². The predicted molar refractivity (Wildman–Crippen MR) is 57.7 cm³/mol. The van der Waals surface area contributed by atoms with Gasteiger partial charge in [-0.3, -0.25) is 4.79 Å². The summed E-state index contributed by atoms with van der Waals surface area (Å²) in [6, 6.07) is 9.24. The van der Waals surface area contributed by atoms with E-state index in [1.165, 1.54) is 14.0 Å². The number of benzene rings is 1. The Labute approximate surface area is 94.2 Å². The van der Waals surface area contributed by atoms with Gasteiger partial charge in [0.2, 0.25) is 6.10 Å². The Bertz CT molecular complexity index is 359. The van der Waals surface area contributed by atoms with Crippen LogP contribution in [0.15, 0.2) is 30.3 Å². The van der Waals surface area contributed by atoms with E-state index in [-0.39, 0.29) is 12.4 Å². The van der Waals surface area contributed by atoms with Crippen LogP contribution in [0.5, 0.6) is 0 Å². The second-order valence-electron chi connectivity index (χ2n) is 3.32. The number of Topliss-reactive ketones (excluding diaryl/α,β-unsaturated/α-hetero) is 1. The molecule has 16 heavy (non-hydrogen) atoms. The summed E-state index contributed by atoms with van der Waals surface area (Å²) in [5.74, 6) is -1.01. The van der Waals surface area contributed by atoms with Gasteiger partial charge in [0.15, 0.2) is 5.78 Å². The van der Waals surface area contributed by atoms with Crippen LogP contribution in [0, 0.1) is 0 Å². The SMILES string of the molecule is COC(C(C)=O)C(=O)OCc1ccccc1. The van der Waals surface area contributed by atoms with Crippen LogP contribution in [-0.2, 0) is 25.7 Å². The highest BCUT2D eigenvalue weighted by molar-refractivity contribution is 6.00. The molecule has 0 aromatic heterocycles. The lowest BCUT2D eigenvalue weighted by Crippen LogP contribution is -2.31. The number of carbonyl (C=O) groups is 2. The second kappa shape index (κ2) is 6.02. The molecule has 0 saturated carbocycles. The monoisotopic (exact) mass is 222 g/mol. The number of esters is 1. The molecule has 0 aliphatic carbocycles. The molecule has 1 aromatic rings. The van der Waals surface area contributed by atoms with E-state index in [9.17, 15) is 9.59 Å². The normalized spacial score (nSPS) is 11.9. The molecule has 86 valence electrons.